The summed E-state index contributed by atoms with van der Waals surface area (Å²) in [6.45, 7) is 4.60. The Labute approximate surface area is 112 Å². The molecule has 3 nitrogen and oxygen atoms in total. The second-order valence-electron chi connectivity index (χ2n) is 4.60. The number of carbonyl (C=O) groups excluding carboxylic acids is 1. The number of amides is 1. The highest BCUT2D eigenvalue weighted by atomic mass is 79.9. The van der Waals surface area contributed by atoms with Crippen molar-refractivity contribution in [3.8, 4) is 0 Å². The van der Waals surface area contributed by atoms with Crippen molar-refractivity contribution in [1.29, 1.82) is 0 Å². The zero-order valence-electron chi connectivity index (χ0n) is 10.2. The minimum Gasteiger partial charge on any atom is -0.391 e. The quantitative estimate of drug-likeness (QED) is 0.899. The van der Waals surface area contributed by atoms with Gasteiger partial charge in [0.15, 0.2) is 0 Å². The number of hydrogen-bond acceptors (Lipinski definition) is 2. The molecule has 100 valence electrons. The molecule has 0 spiro atoms. The van der Waals surface area contributed by atoms with E-state index < -0.39 is 34.7 Å². The van der Waals surface area contributed by atoms with Gasteiger partial charge >= 0.3 is 0 Å². The van der Waals surface area contributed by atoms with Gasteiger partial charge in [0.25, 0.3) is 5.91 Å². The fraction of sp³-hybridized carbons (Fsp3) is 0.417. The van der Waals surface area contributed by atoms with E-state index in [4.69, 9.17) is 0 Å². The average molecular weight is 322 g/mol. The normalized spacial score (nSPS) is 13.3. The molecule has 0 aromatic heterocycles. The summed E-state index contributed by atoms with van der Waals surface area (Å²) in [7, 11) is 0. The zero-order chi connectivity index (χ0) is 14.1. The van der Waals surface area contributed by atoms with Gasteiger partial charge in [-0.05, 0) is 32.9 Å². The van der Waals surface area contributed by atoms with Gasteiger partial charge in [-0.15, -0.1) is 0 Å². The summed E-state index contributed by atoms with van der Waals surface area (Å²) in [6, 6.07) is 2.01. The van der Waals surface area contributed by atoms with E-state index in [1.807, 2.05) is 0 Å². The molecule has 0 saturated heterocycles. The first-order valence-electron chi connectivity index (χ1n) is 5.30. The monoisotopic (exact) mass is 321 g/mol. The minimum absolute atomic E-state index is 0.212. The van der Waals surface area contributed by atoms with Crippen molar-refractivity contribution in [2.24, 2.45) is 0 Å². The van der Waals surface area contributed by atoms with Gasteiger partial charge in [0, 0.05) is 4.47 Å². The highest BCUT2D eigenvalue weighted by molar-refractivity contribution is 9.10. The van der Waals surface area contributed by atoms with Crippen LogP contribution in [-0.4, -0.2) is 22.7 Å². The van der Waals surface area contributed by atoms with E-state index in [0.29, 0.717) is 0 Å². The van der Waals surface area contributed by atoms with Crippen LogP contribution in [0.2, 0.25) is 0 Å². The molecule has 2 N–H and O–H groups in total. The Bertz CT molecular complexity index is 452. The molecule has 0 aliphatic carbocycles. The molecule has 1 amide bonds. The van der Waals surface area contributed by atoms with Gasteiger partial charge in [-0.1, -0.05) is 15.9 Å². The van der Waals surface area contributed by atoms with Crippen LogP contribution in [0.15, 0.2) is 16.6 Å². The van der Waals surface area contributed by atoms with Crippen molar-refractivity contribution in [2.75, 3.05) is 0 Å². The molecule has 1 unspecified atom stereocenters. The number of carbonyl (C=O) groups is 1. The van der Waals surface area contributed by atoms with Gasteiger partial charge in [-0.25, -0.2) is 8.78 Å². The first-order chi connectivity index (χ1) is 8.15. The molecule has 1 aromatic carbocycles. The molecule has 0 aliphatic rings. The maximum Gasteiger partial charge on any atom is 0.257 e. The topological polar surface area (TPSA) is 49.3 Å². The van der Waals surface area contributed by atoms with Crippen LogP contribution in [0.4, 0.5) is 8.78 Å². The SMILES string of the molecule is CC(O)C(C)(C)NC(=O)c1c(F)cc(Br)cc1F. The van der Waals surface area contributed by atoms with Crippen molar-refractivity contribution in [1.82, 2.24) is 5.32 Å². The van der Waals surface area contributed by atoms with Crippen molar-refractivity contribution in [2.45, 2.75) is 32.4 Å². The third-order valence-electron chi connectivity index (χ3n) is 2.71. The van der Waals surface area contributed by atoms with E-state index in [2.05, 4.69) is 21.2 Å². The highest BCUT2D eigenvalue weighted by Gasteiger charge is 2.29. The summed E-state index contributed by atoms with van der Waals surface area (Å²) in [5.41, 5.74) is -1.64. The number of hydrogen-bond donors (Lipinski definition) is 2. The number of benzene rings is 1. The Morgan fingerprint density at radius 3 is 2.22 bits per heavy atom. The lowest BCUT2D eigenvalue weighted by Gasteiger charge is -2.29. The van der Waals surface area contributed by atoms with E-state index in [9.17, 15) is 18.7 Å². The fourth-order valence-electron chi connectivity index (χ4n) is 1.22. The predicted molar refractivity (Wildman–Crippen MR) is 67.3 cm³/mol. The fourth-order valence-corrected chi connectivity index (χ4v) is 1.62. The van der Waals surface area contributed by atoms with Crippen LogP contribution in [0.3, 0.4) is 0 Å². The van der Waals surface area contributed by atoms with Crippen LogP contribution < -0.4 is 5.32 Å². The number of rotatable bonds is 3. The van der Waals surface area contributed by atoms with Gasteiger partial charge in [0.05, 0.1) is 11.6 Å². The van der Waals surface area contributed by atoms with E-state index in [1.54, 1.807) is 13.8 Å². The number of aliphatic hydroxyl groups is 1. The molecule has 18 heavy (non-hydrogen) atoms. The lowest BCUT2D eigenvalue weighted by molar-refractivity contribution is 0.0702. The minimum atomic E-state index is -0.983. The first-order valence-corrected chi connectivity index (χ1v) is 6.09. The lowest BCUT2D eigenvalue weighted by atomic mass is 9.98. The van der Waals surface area contributed by atoms with Gasteiger partial charge in [-0.3, -0.25) is 4.79 Å². The van der Waals surface area contributed by atoms with Gasteiger partial charge in [0.2, 0.25) is 0 Å². The molecule has 0 radical (unpaired) electrons. The summed E-state index contributed by atoms with van der Waals surface area (Å²) in [5, 5.41) is 11.8. The Balaban J connectivity index is 3.06. The second-order valence-corrected chi connectivity index (χ2v) is 5.51. The predicted octanol–water partition coefficient (Wildman–Crippen LogP) is 2.62. The molecule has 0 bridgehead atoms. The molecule has 1 atom stereocenters. The van der Waals surface area contributed by atoms with Gasteiger partial charge in [-0.2, -0.15) is 0 Å². The Hall–Kier alpha value is -1.01. The summed E-state index contributed by atoms with van der Waals surface area (Å²) in [5.74, 6) is -2.81. The van der Waals surface area contributed by atoms with E-state index in [-0.39, 0.29) is 4.47 Å². The third-order valence-corrected chi connectivity index (χ3v) is 3.17. The largest absolute Gasteiger partial charge is 0.391 e. The standard InChI is InChI=1S/C12H14BrF2NO2/c1-6(17)12(2,3)16-11(18)10-8(14)4-7(13)5-9(10)15/h4-6,17H,1-3H3,(H,16,18). The van der Waals surface area contributed by atoms with Gasteiger partial charge < -0.3 is 10.4 Å². The lowest BCUT2D eigenvalue weighted by Crippen LogP contribution is -2.51. The first kappa shape index (κ1) is 15.0. The number of nitrogens with one attached hydrogen (secondary N) is 1. The Morgan fingerprint density at radius 2 is 1.83 bits per heavy atom. The number of aliphatic hydroxyl groups excluding tert-OH is 1. The molecule has 0 heterocycles. The van der Waals surface area contributed by atoms with Crippen LogP contribution in [0.25, 0.3) is 0 Å². The Morgan fingerprint density at radius 1 is 1.39 bits per heavy atom. The number of halogens is 3. The molecule has 1 rings (SSSR count). The second kappa shape index (κ2) is 5.32. The summed E-state index contributed by atoms with van der Waals surface area (Å²) >= 11 is 2.93. The summed E-state index contributed by atoms with van der Waals surface area (Å²) < 4.78 is 27.3. The molecule has 0 fully saturated rings. The Kier molecular flexibility index (Phi) is 4.45. The van der Waals surface area contributed by atoms with Crippen molar-refractivity contribution >= 4 is 21.8 Å². The molecule has 0 aliphatic heterocycles. The molecule has 1 aromatic rings. The molecular formula is C12H14BrF2NO2. The maximum atomic E-state index is 13.5. The zero-order valence-corrected chi connectivity index (χ0v) is 11.8. The smallest absolute Gasteiger partial charge is 0.257 e. The average Bonchev–Trinajstić information content (AvgIpc) is 2.13. The summed E-state index contributed by atoms with van der Waals surface area (Å²) in [4.78, 5) is 11.8. The van der Waals surface area contributed by atoms with Crippen LogP contribution >= 0.6 is 15.9 Å². The van der Waals surface area contributed by atoms with Crippen LogP contribution in [0.5, 0.6) is 0 Å². The summed E-state index contributed by atoms with van der Waals surface area (Å²) in [6.07, 6.45) is -0.858. The molecule has 0 saturated carbocycles. The van der Waals surface area contributed by atoms with E-state index >= 15 is 0 Å². The van der Waals surface area contributed by atoms with E-state index in [0.717, 1.165) is 12.1 Å². The van der Waals surface area contributed by atoms with Crippen molar-refractivity contribution in [3.63, 3.8) is 0 Å². The molecule has 6 heteroatoms. The van der Waals surface area contributed by atoms with Crippen LogP contribution in [-0.2, 0) is 0 Å². The van der Waals surface area contributed by atoms with Crippen LogP contribution in [0, 0.1) is 11.6 Å². The van der Waals surface area contributed by atoms with E-state index in [1.165, 1.54) is 6.92 Å². The third kappa shape index (κ3) is 3.26. The highest BCUT2D eigenvalue weighted by Crippen LogP contribution is 2.20. The van der Waals surface area contributed by atoms with Crippen molar-refractivity contribution in [3.05, 3.63) is 33.8 Å². The molecular weight excluding hydrogens is 308 g/mol. The van der Waals surface area contributed by atoms with Crippen molar-refractivity contribution < 1.29 is 18.7 Å². The van der Waals surface area contributed by atoms with Crippen LogP contribution in [0.1, 0.15) is 31.1 Å². The van der Waals surface area contributed by atoms with Gasteiger partial charge in [0.1, 0.15) is 17.2 Å². The maximum absolute atomic E-state index is 13.5.